The normalized spacial score (nSPS) is 30.6. The molecule has 0 aliphatic carbocycles. The molecule has 2 atom stereocenters. The Morgan fingerprint density at radius 2 is 1.95 bits per heavy atom. The second kappa shape index (κ2) is 3.62. The number of amides is 1. The van der Waals surface area contributed by atoms with E-state index in [0.717, 1.165) is 0 Å². The van der Waals surface area contributed by atoms with Crippen molar-refractivity contribution in [1.29, 1.82) is 0 Å². The third-order valence-corrected chi connectivity index (χ3v) is 4.44. The maximum absolute atomic E-state index is 12.4. The van der Waals surface area contributed by atoms with Crippen LogP contribution in [-0.2, 0) is 15.8 Å². The highest BCUT2D eigenvalue weighted by atomic mass is 16.6. The zero-order valence-corrected chi connectivity index (χ0v) is 11.9. The average molecular weight is 257 g/mol. The SMILES string of the molecule is CCOC(=O)N1[C@@]2(C)C=C[C@]1(C)c1c(C)cccc12. The van der Waals surface area contributed by atoms with Gasteiger partial charge in [-0.15, -0.1) is 0 Å². The predicted molar refractivity (Wildman–Crippen MR) is 73.9 cm³/mol. The molecule has 0 saturated heterocycles. The van der Waals surface area contributed by atoms with Gasteiger partial charge in [0.05, 0.1) is 17.7 Å². The van der Waals surface area contributed by atoms with E-state index in [2.05, 4.69) is 51.1 Å². The van der Waals surface area contributed by atoms with E-state index < -0.39 is 0 Å². The number of aryl methyl sites for hydroxylation is 1. The third kappa shape index (κ3) is 1.30. The quantitative estimate of drug-likeness (QED) is 0.721. The molecule has 2 aliphatic rings. The van der Waals surface area contributed by atoms with Gasteiger partial charge in [-0.3, -0.25) is 4.90 Å². The Labute approximate surface area is 113 Å². The molecule has 3 nitrogen and oxygen atoms in total. The summed E-state index contributed by atoms with van der Waals surface area (Å²) in [6, 6.07) is 6.27. The van der Waals surface area contributed by atoms with E-state index in [9.17, 15) is 4.79 Å². The molecule has 0 saturated carbocycles. The molecule has 100 valence electrons. The number of rotatable bonds is 1. The van der Waals surface area contributed by atoms with Crippen LogP contribution in [0.1, 0.15) is 37.5 Å². The standard InChI is InChI=1S/C16H19NO2/c1-5-19-14(18)17-15(3)9-10-16(17,4)13-11(2)7-6-8-12(13)15/h6-10H,5H2,1-4H3/t15-,16+/m0/s1. The Morgan fingerprint density at radius 1 is 1.26 bits per heavy atom. The molecule has 3 heteroatoms. The van der Waals surface area contributed by atoms with E-state index in [1.54, 1.807) is 0 Å². The summed E-state index contributed by atoms with van der Waals surface area (Å²) in [5, 5.41) is 0. The lowest BCUT2D eigenvalue weighted by Gasteiger charge is -2.35. The zero-order valence-electron chi connectivity index (χ0n) is 11.9. The summed E-state index contributed by atoms with van der Waals surface area (Å²) in [5.74, 6) is 0. The molecule has 2 heterocycles. The van der Waals surface area contributed by atoms with Gasteiger partial charge in [0.15, 0.2) is 0 Å². The van der Waals surface area contributed by atoms with Gasteiger partial charge >= 0.3 is 6.09 Å². The summed E-state index contributed by atoms with van der Waals surface area (Å²) in [6.07, 6.45) is 4.00. The number of hydrogen-bond acceptors (Lipinski definition) is 2. The molecule has 1 aromatic rings. The third-order valence-electron chi connectivity index (χ3n) is 4.44. The summed E-state index contributed by atoms with van der Waals surface area (Å²) in [5.41, 5.74) is 2.91. The lowest BCUT2D eigenvalue weighted by Crippen LogP contribution is -2.46. The van der Waals surface area contributed by atoms with Crippen LogP contribution in [-0.4, -0.2) is 17.6 Å². The maximum atomic E-state index is 12.4. The lowest BCUT2D eigenvalue weighted by atomic mass is 9.81. The Kier molecular flexibility index (Phi) is 2.34. The van der Waals surface area contributed by atoms with E-state index in [1.807, 2.05) is 11.8 Å². The van der Waals surface area contributed by atoms with Gasteiger partial charge in [-0.2, -0.15) is 0 Å². The molecule has 1 amide bonds. The van der Waals surface area contributed by atoms with Crippen LogP contribution in [0, 0.1) is 6.92 Å². The average Bonchev–Trinajstić information content (AvgIpc) is 2.73. The number of ether oxygens (including phenoxy) is 1. The number of nitrogens with zero attached hydrogens (tertiary/aromatic N) is 1. The monoisotopic (exact) mass is 257 g/mol. The molecule has 3 rings (SSSR count). The summed E-state index contributed by atoms with van der Waals surface area (Å²) < 4.78 is 5.26. The molecule has 0 radical (unpaired) electrons. The molecule has 0 spiro atoms. The molecule has 2 bridgehead atoms. The number of carbonyl (C=O) groups excluding carboxylic acids is 1. The van der Waals surface area contributed by atoms with Crippen molar-refractivity contribution in [3.63, 3.8) is 0 Å². The summed E-state index contributed by atoms with van der Waals surface area (Å²) in [4.78, 5) is 14.2. The van der Waals surface area contributed by atoms with Crippen molar-refractivity contribution < 1.29 is 9.53 Å². The van der Waals surface area contributed by atoms with Gasteiger partial charge in [0.2, 0.25) is 0 Å². The van der Waals surface area contributed by atoms with Crippen molar-refractivity contribution in [2.45, 2.75) is 38.8 Å². The van der Waals surface area contributed by atoms with Crippen LogP contribution in [0.25, 0.3) is 0 Å². The van der Waals surface area contributed by atoms with Gasteiger partial charge in [-0.05, 0) is 44.4 Å². The summed E-state index contributed by atoms with van der Waals surface area (Å²) in [6.45, 7) is 8.51. The van der Waals surface area contributed by atoms with E-state index in [4.69, 9.17) is 4.74 Å². The van der Waals surface area contributed by atoms with Crippen LogP contribution in [0.4, 0.5) is 4.79 Å². The van der Waals surface area contributed by atoms with Crippen molar-refractivity contribution >= 4 is 6.09 Å². The number of hydrogen-bond donors (Lipinski definition) is 0. The minimum atomic E-state index is -0.387. The fourth-order valence-corrected chi connectivity index (χ4v) is 3.69. The van der Waals surface area contributed by atoms with Gasteiger partial charge < -0.3 is 4.74 Å². The predicted octanol–water partition coefficient (Wildman–Crippen LogP) is 3.47. The smallest absolute Gasteiger partial charge is 0.411 e. The number of fused-ring (bicyclic) bond motifs is 5. The largest absolute Gasteiger partial charge is 0.450 e. The first kappa shape index (κ1) is 12.3. The van der Waals surface area contributed by atoms with Crippen molar-refractivity contribution in [2.24, 2.45) is 0 Å². The van der Waals surface area contributed by atoms with Crippen LogP contribution in [0.5, 0.6) is 0 Å². The Hall–Kier alpha value is -1.77. The van der Waals surface area contributed by atoms with Crippen LogP contribution in [0.15, 0.2) is 30.4 Å². The van der Waals surface area contributed by atoms with E-state index in [0.29, 0.717) is 6.61 Å². The van der Waals surface area contributed by atoms with E-state index >= 15 is 0 Å². The Bertz CT molecular complexity index is 592. The molecule has 0 fully saturated rings. The highest BCUT2D eigenvalue weighted by Gasteiger charge is 2.59. The molecule has 1 aromatic carbocycles. The minimum absolute atomic E-state index is 0.242. The summed E-state index contributed by atoms with van der Waals surface area (Å²) >= 11 is 0. The molecule has 2 aliphatic heterocycles. The first-order valence-electron chi connectivity index (χ1n) is 6.73. The van der Waals surface area contributed by atoms with Crippen LogP contribution >= 0.6 is 0 Å². The number of benzene rings is 1. The van der Waals surface area contributed by atoms with Gasteiger partial charge in [-0.25, -0.2) is 4.79 Å². The van der Waals surface area contributed by atoms with Gasteiger partial charge in [-0.1, -0.05) is 30.4 Å². The van der Waals surface area contributed by atoms with Crippen molar-refractivity contribution in [3.8, 4) is 0 Å². The van der Waals surface area contributed by atoms with Crippen LogP contribution in [0.2, 0.25) is 0 Å². The van der Waals surface area contributed by atoms with Gasteiger partial charge in [0.25, 0.3) is 0 Å². The van der Waals surface area contributed by atoms with Crippen LogP contribution in [0.3, 0.4) is 0 Å². The molecule has 0 unspecified atom stereocenters. The van der Waals surface area contributed by atoms with E-state index in [1.165, 1.54) is 16.7 Å². The molecular formula is C16H19NO2. The second-order valence-electron chi connectivity index (χ2n) is 5.66. The highest BCUT2D eigenvalue weighted by Crippen LogP contribution is 2.57. The minimum Gasteiger partial charge on any atom is -0.450 e. The zero-order chi connectivity index (χ0) is 13.8. The summed E-state index contributed by atoms with van der Waals surface area (Å²) in [7, 11) is 0. The van der Waals surface area contributed by atoms with Crippen molar-refractivity contribution in [3.05, 3.63) is 47.0 Å². The fourth-order valence-electron chi connectivity index (χ4n) is 3.69. The number of carbonyl (C=O) groups is 1. The molecule has 0 aromatic heterocycles. The molecule has 0 N–H and O–H groups in total. The molecule has 19 heavy (non-hydrogen) atoms. The first-order chi connectivity index (χ1) is 8.95. The van der Waals surface area contributed by atoms with E-state index in [-0.39, 0.29) is 17.2 Å². The molecular weight excluding hydrogens is 238 g/mol. The highest BCUT2D eigenvalue weighted by molar-refractivity contribution is 5.77. The van der Waals surface area contributed by atoms with Crippen LogP contribution < -0.4 is 0 Å². The topological polar surface area (TPSA) is 29.5 Å². The van der Waals surface area contributed by atoms with Gasteiger partial charge in [0.1, 0.15) is 0 Å². The Balaban J connectivity index is 2.20. The first-order valence-corrected chi connectivity index (χ1v) is 6.73. The lowest BCUT2D eigenvalue weighted by molar-refractivity contribution is 0.0542. The Morgan fingerprint density at radius 3 is 2.58 bits per heavy atom. The van der Waals surface area contributed by atoms with Gasteiger partial charge in [0, 0.05) is 0 Å². The fraction of sp³-hybridized carbons (Fsp3) is 0.438. The second-order valence-corrected chi connectivity index (χ2v) is 5.66. The maximum Gasteiger partial charge on any atom is 0.411 e. The van der Waals surface area contributed by atoms with Crippen molar-refractivity contribution in [1.82, 2.24) is 4.90 Å². The van der Waals surface area contributed by atoms with Crippen molar-refractivity contribution in [2.75, 3.05) is 6.61 Å².